The molecule has 0 saturated carbocycles. The fourth-order valence-corrected chi connectivity index (χ4v) is 7.05. The van der Waals surface area contributed by atoms with E-state index in [1.807, 2.05) is 61.7 Å². The Kier molecular flexibility index (Phi) is 9.71. The molecule has 7 nitrogen and oxygen atoms in total. The lowest BCUT2D eigenvalue weighted by Crippen LogP contribution is -2.43. The minimum Gasteiger partial charge on any atom is -0.469 e. The van der Waals surface area contributed by atoms with Crippen LogP contribution in [0.1, 0.15) is 73.6 Å². The Bertz CT molecular complexity index is 1720. The summed E-state index contributed by atoms with van der Waals surface area (Å²) in [6.45, 7) is 8.99. The van der Waals surface area contributed by atoms with Gasteiger partial charge in [0.05, 0.1) is 35.5 Å². The molecule has 1 atom stereocenters. The summed E-state index contributed by atoms with van der Waals surface area (Å²) < 4.78 is 6.79. The van der Waals surface area contributed by atoms with Crippen LogP contribution in [0.25, 0.3) is 27.5 Å². The molecule has 2 aromatic carbocycles. The highest BCUT2D eigenvalue weighted by Crippen LogP contribution is 2.34. The van der Waals surface area contributed by atoms with Crippen molar-refractivity contribution in [3.63, 3.8) is 0 Å². The number of carbonyl (C=O) groups is 2. The lowest BCUT2D eigenvalue weighted by Gasteiger charge is -2.33. The van der Waals surface area contributed by atoms with Gasteiger partial charge in [0.15, 0.2) is 0 Å². The van der Waals surface area contributed by atoms with Crippen LogP contribution in [0, 0.1) is 5.92 Å². The summed E-state index contributed by atoms with van der Waals surface area (Å²) in [4.78, 5) is 48.2. The van der Waals surface area contributed by atoms with Crippen molar-refractivity contribution < 1.29 is 14.3 Å². The van der Waals surface area contributed by atoms with Crippen LogP contribution >= 0.6 is 22.9 Å². The molecule has 1 saturated heterocycles. The molecule has 1 fully saturated rings. The number of pyridine rings is 1. The number of halogens is 1. The third-order valence-electron chi connectivity index (χ3n) is 8.32. The van der Waals surface area contributed by atoms with Gasteiger partial charge in [-0.2, -0.15) is 0 Å². The molecule has 4 aromatic rings. The molecule has 9 heteroatoms. The zero-order chi connectivity index (χ0) is 31.5. The number of aryl methyl sites for hydroxylation is 2. The minimum atomic E-state index is -0.376. The largest absolute Gasteiger partial charge is 0.469 e. The number of likely N-dealkylation sites (tertiary alicyclic amines) is 1. The van der Waals surface area contributed by atoms with Crippen molar-refractivity contribution in [1.29, 1.82) is 0 Å². The maximum Gasteiger partial charge on any atom is 0.310 e. The molecule has 44 heavy (non-hydrogen) atoms. The van der Waals surface area contributed by atoms with E-state index in [0.29, 0.717) is 46.2 Å². The number of ether oxygens (including phenoxy) is 1. The molecule has 1 aliphatic heterocycles. The smallest absolute Gasteiger partial charge is 0.310 e. The summed E-state index contributed by atoms with van der Waals surface area (Å²) in [6.07, 6.45) is 2.83. The van der Waals surface area contributed by atoms with Crippen molar-refractivity contribution in [1.82, 2.24) is 14.5 Å². The van der Waals surface area contributed by atoms with Gasteiger partial charge in [-0.3, -0.25) is 19.0 Å². The third-order valence-corrected chi connectivity index (χ3v) is 9.45. The van der Waals surface area contributed by atoms with E-state index in [4.69, 9.17) is 21.3 Å². The standard InChI is InChI=1S/C35H38ClN3O4S/c1-6-22-10-8-11-23(7-2)31(22)39-30(21(3)4)27(33(40)38-17-9-12-25(19-38)35(42)43-5)18-28(34(39)41)32-37-29(20-44-32)24-13-15-26(36)16-14-24/h8,10-11,13-16,18,20-21,25H,6-7,9,12,17,19H2,1-5H3/t25-/m1/s1. The average Bonchev–Trinajstić information content (AvgIpc) is 3.53. The number of methoxy groups -OCH3 is 1. The molecule has 230 valence electrons. The normalized spacial score (nSPS) is 15.1. The Morgan fingerprint density at radius 2 is 1.77 bits per heavy atom. The van der Waals surface area contributed by atoms with Crippen LogP contribution in [0.2, 0.25) is 5.02 Å². The van der Waals surface area contributed by atoms with Gasteiger partial charge < -0.3 is 9.64 Å². The van der Waals surface area contributed by atoms with Crippen molar-refractivity contribution in [2.75, 3.05) is 20.2 Å². The highest BCUT2D eigenvalue weighted by atomic mass is 35.5. The molecule has 0 N–H and O–H groups in total. The van der Waals surface area contributed by atoms with Crippen LogP contribution < -0.4 is 5.56 Å². The Morgan fingerprint density at radius 1 is 1.09 bits per heavy atom. The number of piperidine rings is 1. The maximum atomic E-state index is 14.7. The Hall–Kier alpha value is -3.75. The van der Waals surface area contributed by atoms with Gasteiger partial charge in [0.1, 0.15) is 5.01 Å². The minimum absolute atomic E-state index is 0.146. The third kappa shape index (κ3) is 6.10. The van der Waals surface area contributed by atoms with Crippen molar-refractivity contribution in [2.45, 2.75) is 59.3 Å². The van der Waals surface area contributed by atoms with Gasteiger partial charge in [-0.25, -0.2) is 4.98 Å². The number of para-hydroxylation sites is 1. The Morgan fingerprint density at radius 3 is 2.39 bits per heavy atom. The number of carbonyl (C=O) groups excluding carboxylic acids is 2. The second kappa shape index (κ2) is 13.5. The maximum absolute atomic E-state index is 14.7. The predicted octanol–water partition coefficient (Wildman–Crippen LogP) is 7.55. The Balaban J connectivity index is 1.76. The molecule has 0 spiro atoms. The van der Waals surface area contributed by atoms with Crippen LogP contribution in [0.15, 0.2) is 58.7 Å². The van der Waals surface area contributed by atoms with Gasteiger partial charge in [-0.1, -0.05) is 69.6 Å². The molecule has 2 aromatic heterocycles. The van der Waals surface area contributed by atoms with E-state index in [0.717, 1.165) is 40.9 Å². The number of amides is 1. The molecule has 0 unspecified atom stereocenters. The second-order valence-electron chi connectivity index (χ2n) is 11.4. The quantitative estimate of drug-likeness (QED) is 0.188. The first kappa shape index (κ1) is 31.7. The highest BCUT2D eigenvalue weighted by Gasteiger charge is 2.33. The number of esters is 1. The molecule has 1 amide bonds. The zero-order valence-electron chi connectivity index (χ0n) is 25.9. The second-order valence-corrected chi connectivity index (χ2v) is 12.7. The van der Waals surface area contributed by atoms with Crippen LogP contribution in [-0.2, 0) is 22.4 Å². The van der Waals surface area contributed by atoms with Crippen molar-refractivity contribution in [3.05, 3.63) is 91.7 Å². The van der Waals surface area contributed by atoms with Gasteiger partial charge in [0, 0.05) is 34.7 Å². The summed E-state index contributed by atoms with van der Waals surface area (Å²) in [6, 6.07) is 15.3. The van der Waals surface area contributed by atoms with Crippen molar-refractivity contribution >= 4 is 34.8 Å². The zero-order valence-corrected chi connectivity index (χ0v) is 27.4. The number of rotatable bonds is 8. The van der Waals surface area contributed by atoms with Crippen LogP contribution in [-0.4, -0.2) is 46.5 Å². The molecule has 0 radical (unpaired) electrons. The number of benzene rings is 2. The predicted molar refractivity (Wildman–Crippen MR) is 177 cm³/mol. The first-order chi connectivity index (χ1) is 21.2. The number of nitrogens with zero attached hydrogens (tertiary/aromatic N) is 3. The van der Waals surface area contributed by atoms with Gasteiger partial charge in [-0.05, 0) is 60.9 Å². The van der Waals surface area contributed by atoms with Gasteiger partial charge in [-0.15, -0.1) is 11.3 Å². The summed E-state index contributed by atoms with van der Waals surface area (Å²) in [5, 5.41) is 3.09. The SMILES string of the molecule is CCc1cccc(CC)c1-n1c(C(C)C)c(C(=O)N2CCC[C@@H](C(=O)OC)C2)cc(-c2nc(-c3ccc(Cl)cc3)cs2)c1=O. The molecule has 3 heterocycles. The number of hydrogen-bond acceptors (Lipinski definition) is 6. The molecule has 1 aliphatic rings. The molecular weight excluding hydrogens is 594 g/mol. The molecule has 0 aliphatic carbocycles. The van der Waals surface area contributed by atoms with Gasteiger partial charge in [0.25, 0.3) is 11.5 Å². The molecule has 5 rings (SSSR count). The van der Waals surface area contributed by atoms with E-state index in [1.165, 1.54) is 18.4 Å². The summed E-state index contributed by atoms with van der Waals surface area (Å²) in [7, 11) is 1.38. The number of thiazole rings is 1. The first-order valence-corrected chi connectivity index (χ1v) is 16.4. The van der Waals surface area contributed by atoms with Gasteiger partial charge >= 0.3 is 5.97 Å². The molecular formula is C35H38ClN3O4S. The van der Waals surface area contributed by atoms with Crippen molar-refractivity contribution in [2.24, 2.45) is 5.92 Å². The lowest BCUT2D eigenvalue weighted by molar-refractivity contribution is -0.146. The van der Waals surface area contributed by atoms with Gasteiger partial charge in [0.2, 0.25) is 0 Å². The number of aromatic nitrogens is 2. The Labute approximate surface area is 267 Å². The van der Waals surface area contributed by atoms with Crippen molar-refractivity contribution in [3.8, 4) is 27.5 Å². The monoisotopic (exact) mass is 631 g/mol. The number of hydrogen-bond donors (Lipinski definition) is 0. The van der Waals surface area contributed by atoms with Crippen LogP contribution in [0.3, 0.4) is 0 Å². The summed E-state index contributed by atoms with van der Waals surface area (Å²) >= 11 is 7.48. The topological polar surface area (TPSA) is 81.5 Å². The fourth-order valence-electron chi connectivity index (χ4n) is 6.09. The van der Waals surface area contributed by atoms with E-state index < -0.39 is 0 Å². The van der Waals surface area contributed by atoms with E-state index >= 15 is 0 Å². The summed E-state index contributed by atoms with van der Waals surface area (Å²) in [5.41, 5.74) is 5.81. The molecule has 0 bridgehead atoms. The summed E-state index contributed by atoms with van der Waals surface area (Å²) in [5.74, 6) is -1.02. The van der Waals surface area contributed by atoms with E-state index in [-0.39, 0.29) is 35.8 Å². The van der Waals surface area contributed by atoms with Crippen LogP contribution in [0.5, 0.6) is 0 Å². The van der Waals surface area contributed by atoms with E-state index in [2.05, 4.69) is 13.8 Å². The van der Waals surface area contributed by atoms with E-state index in [1.54, 1.807) is 15.5 Å². The first-order valence-electron chi connectivity index (χ1n) is 15.2. The van der Waals surface area contributed by atoms with E-state index in [9.17, 15) is 14.4 Å². The lowest BCUT2D eigenvalue weighted by atomic mass is 9.94. The highest BCUT2D eigenvalue weighted by molar-refractivity contribution is 7.13. The van der Waals surface area contributed by atoms with Crippen LogP contribution in [0.4, 0.5) is 0 Å². The fraction of sp³-hybridized carbons (Fsp3) is 0.371. The average molecular weight is 632 g/mol.